The van der Waals surface area contributed by atoms with Gasteiger partial charge in [-0.15, -0.1) is 11.3 Å². The Morgan fingerprint density at radius 2 is 1.64 bits per heavy atom. The van der Waals surface area contributed by atoms with E-state index in [1.807, 2.05) is 12.1 Å². The summed E-state index contributed by atoms with van der Waals surface area (Å²) in [5, 5.41) is 7.51. The van der Waals surface area contributed by atoms with Crippen LogP contribution in [0.25, 0.3) is 0 Å². The Labute approximate surface area is 226 Å². The second-order valence-corrected chi connectivity index (χ2v) is 15.0. The van der Waals surface area contributed by atoms with Crippen molar-refractivity contribution >= 4 is 39.8 Å². The summed E-state index contributed by atoms with van der Waals surface area (Å²) >= 11 is 7.42. The van der Waals surface area contributed by atoms with Crippen LogP contribution in [0.1, 0.15) is 66.6 Å². The summed E-state index contributed by atoms with van der Waals surface area (Å²) in [7, 11) is -1.13. The van der Waals surface area contributed by atoms with E-state index >= 15 is 0 Å². The van der Waals surface area contributed by atoms with Crippen LogP contribution in [0.15, 0.2) is 40.6 Å². The van der Waals surface area contributed by atoms with E-state index in [1.54, 1.807) is 24.3 Å². The van der Waals surface area contributed by atoms with E-state index in [4.69, 9.17) is 11.6 Å². The van der Waals surface area contributed by atoms with Gasteiger partial charge >= 0.3 is 0 Å². The van der Waals surface area contributed by atoms with E-state index < -0.39 is 11.0 Å². The molecule has 0 spiro atoms. The third-order valence-corrected chi connectivity index (χ3v) is 12.1. The van der Waals surface area contributed by atoms with E-state index in [1.165, 1.54) is 56.4 Å². The molecule has 194 valence electrons. The van der Waals surface area contributed by atoms with E-state index in [2.05, 4.69) is 14.9 Å². The summed E-state index contributed by atoms with van der Waals surface area (Å²) in [6.45, 7) is 3.36. The van der Waals surface area contributed by atoms with Crippen molar-refractivity contribution in [2.24, 2.45) is 23.2 Å². The molecule has 5 aliphatic rings. The summed E-state index contributed by atoms with van der Waals surface area (Å²) in [5.41, 5.74) is 1.16. The highest BCUT2D eigenvalue weighted by atomic mass is 35.5. The standard InChI is InChI=1S/C28H36ClN3O2S2/c29-23-3-1-22(2-4-23)27(33)30-17-25-5-6-26(35-25)36(34)32-9-7-24(8-10-32)31-18-28-14-19-11-20(15-28)13-21(12-19)16-28/h1-6,19-21,24,31H,7-18H2,(H,30,33). The molecule has 1 amide bonds. The van der Waals surface area contributed by atoms with Gasteiger partial charge in [-0.3, -0.25) is 4.79 Å². The van der Waals surface area contributed by atoms with Crippen LogP contribution in [-0.4, -0.2) is 40.1 Å². The number of rotatable bonds is 8. The van der Waals surface area contributed by atoms with Crippen molar-refractivity contribution in [2.75, 3.05) is 19.6 Å². The molecular formula is C28H36ClN3O2S2. The van der Waals surface area contributed by atoms with Crippen LogP contribution in [0.5, 0.6) is 0 Å². The summed E-state index contributed by atoms with van der Waals surface area (Å²) < 4.78 is 16.2. The topological polar surface area (TPSA) is 61.4 Å². The van der Waals surface area contributed by atoms with Crippen LogP contribution >= 0.6 is 22.9 Å². The Morgan fingerprint density at radius 3 is 2.28 bits per heavy atom. The third kappa shape index (κ3) is 5.46. The molecule has 1 aromatic heterocycles. The lowest BCUT2D eigenvalue weighted by Crippen LogP contribution is -2.53. The second-order valence-electron chi connectivity index (χ2n) is 11.7. The van der Waals surface area contributed by atoms with Crippen LogP contribution in [0, 0.1) is 23.2 Å². The summed E-state index contributed by atoms with van der Waals surface area (Å²) in [5.74, 6) is 2.88. The SMILES string of the molecule is O=C(NCc1ccc(S(=O)N2CCC(NCC34CC5CC(CC(C5)C3)C4)CC2)s1)c1ccc(Cl)cc1. The van der Waals surface area contributed by atoms with Crippen LogP contribution in [0.2, 0.25) is 5.02 Å². The summed E-state index contributed by atoms with van der Waals surface area (Å²) in [6.07, 6.45) is 11.0. The van der Waals surface area contributed by atoms with Gasteiger partial charge in [-0.2, -0.15) is 0 Å². The number of hydrogen-bond acceptors (Lipinski definition) is 4. The molecule has 2 heterocycles. The Morgan fingerprint density at radius 1 is 1.00 bits per heavy atom. The molecule has 2 N–H and O–H groups in total. The number of benzene rings is 1. The Bertz CT molecular complexity index is 1070. The number of nitrogens with zero attached hydrogens (tertiary/aromatic N) is 1. The van der Waals surface area contributed by atoms with Gasteiger partial charge in [-0.1, -0.05) is 11.6 Å². The first-order valence-electron chi connectivity index (χ1n) is 13.5. The van der Waals surface area contributed by atoms with E-state index in [-0.39, 0.29) is 5.91 Å². The molecule has 4 saturated carbocycles. The van der Waals surface area contributed by atoms with Crippen molar-refractivity contribution in [2.45, 2.75) is 68.2 Å². The van der Waals surface area contributed by atoms with Gasteiger partial charge in [-0.05, 0) is 111 Å². The number of carbonyl (C=O) groups is 1. The first-order chi connectivity index (χ1) is 17.4. The van der Waals surface area contributed by atoms with Crippen LogP contribution in [0.4, 0.5) is 0 Å². The summed E-state index contributed by atoms with van der Waals surface area (Å²) in [6, 6.07) is 11.3. The quantitative estimate of drug-likeness (QED) is 0.452. The average Bonchev–Trinajstić information content (AvgIpc) is 3.35. The van der Waals surface area contributed by atoms with Crippen molar-refractivity contribution in [3.63, 3.8) is 0 Å². The Balaban J connectivity index is 0.959. The maximum absolute atomic E-state index is 13.2. The lowest BCUT2D eigenvalue weighted by atomic mass is 9.49. The zero-order valence-electron chi connectivity index (χ0n) is 20.7. The normalized spacial score (nSPS) is 31.0. The van der Waals surface area contributed by atoms with E-state index in [0.29, 0.717) is 28.6 Å². The maximum Gasteiger partial charge on any atom is 0.251 e. The third-order valence-electron chi connectivity index (χ3n) is 8.96. The first kappa shape index (κ1) is 25.1. The molecule has 1 aromatic carbocycles. The Kier molecular flexibility index (Phi) is 7.30. The van der Waals surface area contributed by atoms with E-state index in [9.17, 15) is 9.00 Å². The average molecular weight is 546 g/mol. The molecule has 36 heavy (non-hydrogen) atoms. The predicted molar refractivity (Wildman–Crippen MR) is 147 cm³/mol. The van der Waals surface area contributed by atoms with Crippen molar-refractivity contribution < 1.29 is 9.00 Å². The fourth-order valence-corrected chi connectivity index (χ4v) is 10.3. The zero-order chi connectivity index (χ0) is 24.7. The largest absolute Gasteiger partial charge is 0.347 e. The molecule has 4 bridgehead atoms. The first-order valence-corrected chi connectivity index (χ1v) is 15.8. The zero-order valence-corrected chi connectivity index (χ0v) is 23.1. The number of hydrogen-bond donors (Lipinski definition) is 2. The van der Waals surface area contributed by atoms with Gasteiger partial charge < -0.3 is 10.6 Å². The molecule has 2 aromatic rings. The number of thiophene rings is 1. The number of nitrogens with one attached hydrogen (secondary N) is 2. The molecule has 8 heteroatoms. The van der Waals surface area contributed by atoms with Gasteiger partial charge in [0.05, 0.1) is 6.54 Å². The monoisotopic (exact) mass is 545 g/mol. The van der Waals surface area contributed by atoms with Crippen LogP contribution in [0.3, 0.4) is 0 Å². The van der Waals surface area contributed by atoms with Gasteiger partial charge in [-0.25, -0.2) is 8.51 Å². The van der Waals surface area contributed by atoms with Crippen molar-refractivity contribution in [3.8, 4) is 0 Å². The number of halogens is 1. The molecule has 1 atom stereocenters. The Hall–Kier alpha value is -1.25. The van der Waals surface area contributed by atoms with Crippen molar-refractivity contribution in [1.82, 2.24) is 14.9 Å². The second kappa shape index (κ2) is 10.5. The highest BCUT2D eigenvalue weighted by molar-refractivity contribution is 7.85. The van der Waals surface area contributed by atoms with Gasteiger partial charge in [0.15, 0.2) is 0 Å². The molecule has 1 unspecified atom stereocenters. The molecule has 5 nitrogen and oxygen atoms in total. The summed E-state index contributed by atoms with van der Waals surface area (Å²) in [4.78, 5) is 13.4. The highest BCUT2D eigenvalue weighted by Gasteiger charge is 2.50. The molecule has 1 aliphatic heterocycles. The van der Waals surface area contributed by atoms with Crippen molar-refractivity contribution in [1.29, 1.82) is 0 Å². The fraction of sp³-hybridized carbons (Fsp3) is 0.607. The molecular weight excluding hydrogens is 510 g/mol. The van der Waals surface area contributed by atoms with Gasteiger partial charge in [0.2, 0.25) is 0 Å². The predicted octanol–water partition coefficient (Wildman–Crippen LogP) is 5.62. The molecule has 7 rings (SSSR count). The number of carbonyl (C=O) groups excluding carboxylic acids is 1. The lowest BCUT2D eigenvalue weighted by molar-refractivity contribution is -0.0529. The minimum Gasteiger partial charge on any atom is -0.347 e. The van der Waals surface area contributed by atoms with Gasteiger partial charge in [0.1, 0.15) is 15.2 Å². The molecule has 4 aliphatic carbocycles. The van der Waals surface area contributed by atoms with Gasteiger partial charge in [0, 0.05) is 41.1 Å². The van der Waals surface area contributed by atoms with E-state index in [0.717, 1.165) is 52.8 Å². The molecule has 5 fully saturated rings. The van der Waals surface area contributed by atoms with Gasteiger partial charge in [0.25, 0.3) is 5.91 Å². The smallest absolute Gasteiger partial charge is 0.251 e. The minimum atomic E-state index is -1.13. The fourth-order valence-electron chi connectivity index (χ4n) is 7.64. The molecule has 0 radical (unpaired) electrons. The lowest BCUT2D eigenvalue weighted by Gasteiger charge is -2.57. The highest BCUT2D eigenvalue weighted by Crippen LogP contribution is 2.59. The van der Waals surface area contributed by atoms with Crippen molar-refractivity contribution in [3.05, 3.63) is 51.9 Å². The molecule has 1 saturated heterocycles. The van der Waals surface area contributed by atoms with Crippen LogP contribution in [-0.2, 0) is 17.5 Å². The number of piperidine rings is 1. The van der Waals surface area contributed by atoms with Crippen LogP contribution < -0.4 is 10.6 Å². The minimum absolute atomic E-state index is 0.133. The number of amides is 1. The maximum atomic E-state index is 13.2.